The molecule has 0 radical (unpaired) electrons. The number of fused-ring (bicyclic) bond motifs is 1. The second-order valence-electron chi connectivity index (χ2n) is 5.79. The lowest BCUT2D eigenvalue weighted by Crippen LogP contribution is -2.04. The van der Waals surface area contributed by atoms with E-state index in [4.69, 9.17) is 9.47 Å². The van der Waals surface area contributed by atoms with Crippen molar-refractivity contribution < 1.29 is 13.9 Å². The van der Waals surface area contributed by atoms with Crippen LogP contribution in [0.2, 0.25) is 0 Å². The van der Waals surface area contributed by atoms with Gasteiger partial charge in [-0.25, -0.2) is 14.4 Å². The molecule has 1 heterocycles. The summed E-state index contributed by atoms with van der Waals surface area (Å²) in [7, 11) is 3.01. The predicted octanol–water partition coefficient (Wildman–Crippen LogP) is 4.58. The number of nitrogens with zero attached hydrogens (tertiary/aromatic N) is 2. The summed E-state index contributed by atoms with van der Waals surface area (Å²) in [4.78, 5) is 8.77. The fraction of sp³-hybridized carbons (Fsp3) is 0.263. The van der Waals surface area contributed by atoms with Gasteiger partial charge in [-0.1, -0.05) is 32.0 Å². The van der Waals surface area contributed by atoms with Crippen LogP contribution in [0.5, 0.6) is 11.5 Å². The van der Waals surface area contributed by atoms with Crippen LogP contribution >= 0.6 is 0 Å². The molecule has 0 atom stereocenters. The minimum absolute atomic E-state index is 0.0518. The molecule has 5 heteroatoms. The van der Waals surface area contributed by atoms with Crippen LogP contribution in [0.4, 0.5) is 4.39 Å². The third kappa shape index (κ3) is 2.66. The van der Waals surface area contributed by atoms with E-state index in [1.165, 1.54) is 7.11 Å². The Hall–Kier alpha value is -2.69. The molecular weight excluding hydrogens is 307 g/mol. The average molecular weight is 326 g/mol. The van der Waals surface area contributed by atoms with Gasteiger partial charge in [0.2, 0.25) is 0 Å². The number of rotatable bonds is 4. The summed E-state index contributed by atoms with van der Waals surface area (Å²) in [6, 6.07) is 9.22. The first kappa shape index (κ1) is 16.2. The van der Waals surface area contributed by atoms with E-state index in [-0.39, 0.29) is 17.2 Å². The molecule has 0 spiro atoms. The molecule has 124 valence electrons. The van der Waals surface area contributed by atoms with Crippen LogP contribution in [0.25, 0.3) is 22.3 Å². The van der Waals surface area contributed by atoms with Gasteiger partial charge in [0.25, 0.3) is 0 Å². The van der Waals surface area contributed by atoms with Crippen molar-refractivity contribution in [3.8, 4) is 22.9 Å². The van der Waals surface area contributed by atoms with Gasteiger partial charge in [-0.2, -0.15) is 0 Å². The van der Waals surface area contributed by atoms with Crippen LogP contribution in [-0.4, -0.2) is 24.2 Å². The molecule has 0 fully saturated rings. The van der Waals surface area contributed by atoms with Crippen molar-refractivity contribution in [2.24, 2.45) is 0 Å². The Balaban J connectivity index is 2.26. The van der Waals surface area contributed by atoms with Crippen LogP contribution in [-0.2, 0) is 0 Å². The smallest absolute Gasteiger partial charge is 0.176 e. The lowest BCUT2D eigenvalue weighted by Gasteiger charge is -2.18. The van der Waals surface area contributed by atoms with Gasteiger partial charge in [0.1, 0.15) is 5.75 Å². The first-order valence-corrected chi connectivity index (χ1v) is 7.73. The Morgan fingerprint density at radius 2 is 1.83 bits per heavy atom. The third-order valence-corrected chi connectivity index (χ3v) is 3.95. The molecule has 4 nitrogen and oxygen atoms in total. The van der Waals surface area contributed by atoms with Gasteiger partial charge in [0.15, 0.2) is 17.4 Å². The van der Waals surface area contributed by atoms with E-state index >= 15 is 4.39 Å². The molecular formula is C19H19FN2O2. The van der Waals surface area contributed by atoms with Gasteiger partial charge in [0, 0.05) is 17.1 Å². The lowest BCUT2D eigenvalue weighted by atomic mass is 9.97. The van der Waals surface area contributed by atoms with Crippen molar-refractivity contribution in [1.82, 2.24) is 9.97 Å². The Bertz CT molecular complexity index is 894. The summed E-state index contributed by atoms with van der Waals surface area (Å²) < 4.78 is 25.8. The summed E-state index contributed by atoms with van der Waals surface area (Å²) >= 11 is 0. The van der Waals surface area contributed by atoms with E-state index in [0.29, 0.717) is 17.1 Å². The van der Waals surface area contributed by atoms with Crippen molar-refractivity contribution in [3.63, 3.8) is 0 Å². The standard InChI is InChI=1S/C19H19FN2O2/c1-11(2)16-15(23-3)9-13(17(20)18(16)24-4)19-21-10-12-7-5-6-8-14(12)22-19/h5-11H,1-4H3. The van der Waals surface area contributed by atoms with Crippen molar-refractivity contribution in [1.29, 1.82) is 0 Å². The second kappa shape index (κ2) is 6.43. The van der Waals surface area contributed by atoms with Gasteiger partial charge in [-0.05, 0) is 18.1 Å². The molecule has 0 aliphatic heterocycles. The van der Waals surface area contributed by atoms with E-state index in [1.807, 2.05) is 38.1 Å². The van der Waals surface area contributed by atoms with Crippen LogP contribution in [0, 0.1) is 5.82 Å². The highest BCUT2D eigenvalue weighted by Gasteiger charge is 2.24. The Morgan fingerprint density at radius 3 is 2.50 bits per heavy atom. The first-order chi connectivity index (χ1) is 11.6. The van der Waals surface area contributed by atoms with Gasteiger partial charge in [-0.15, -0.1) is 0 Å². The van der Waals surface area contributed by atoms with Gasteiger partial charge in [-0.3, -0.25) is 0 Å². The highest BCUT2D eigenvalue weighted by molar-refractivity contribution is 5.80. The molecule has 3 aromatic rings. The third-order valence-electron chi connectivity index (χ3n) is 3.95. The fourth-order valence-corrected chi connectivity index (χ4v) is 2.80. The number of halogens is 1. The monoisotopic (exact) mass is 326 g/mol. The first-order valence-electron chi connectivity index (χ1n) is 7.73. The number of ether oxygens (including phenoxy) is 2. The number of hydrogen-bond donors (Lipinski definition) is 0. The van der Waals surface area contributed by atoms with E-state index in [1.54, 1.807) is 19.4 Å². The van der Waals surface area contributed by atoms with Crippen molar-refractivity contribution in [2.45, 2.75) is 19.8 Å². The van der Waals surface area contributed by atoms with Gasteiger partial charge >= 0.3 is 0 Å². The normalized spacial score (nSPS) is 11.1. The SMILES string of the molecule is COc1cc(-c2ncc3ccccc3n2)c(F)c(OC)c1C(C)C. The Labute approximate surface area is 140 Å². The van der Waals surface area contributed by atoms with E-state index < -0.39 is 5.82 Å². The lowest BCUT2D eigenvalue weighted by molar-refractivity contribution is 0.363. The number of hydrogen-bond acceptors (Lipinski definition) is 4. The number of para-hydroxylation sites is 1. The van der Waals surface area contributed by atoms with E-state index in [9.17, 15) is 0 Å². The summed E-state index contributed by atoms with van der Waals surface area (Å²) in [6.07, 6.45) is 1.69. The summed E-state index contributed by atoms with van der Waals surface area (Å²) in [5.74, 6) is 0.623. The molecule has 0 saturated heterocycles. The average Bonchev–Trinajstić information content (AvgIpc) is 2.60. The Morgan fingerprint density at radius 1 is 1.08 bits per heavy atom. The topological polar surface area (TPSA) is 44.2 Å². The largest absolute Gasteiger partial charge is 0.496 e. The maximum absolute atomic E-state index is 15.0. The second-order valence-corrected chi connectivity index (χ2v) is 5.79. The molecule has 0 aliphatic rings. The molecule has 0 bridgehead atoms. The van der Waals surface area contributed by atoms with Crippen molar-refractivity contribution >= 4 is 10.9 Å². The van der Waals surface area contributed by atoms with E-state index in [2.05, 4.69) is 9.97 Å². The Kier molecular flexibility index (Phi) is 4.34. The number of aromatic nitrogens is 2. The molecule has 1 aromatic heterocycles. The van der Waals surface area contributed by atoms with Crippen LogP contribution in [0.1, 0.15) is 25.3 Å². The quantitative estimate of drug-likeness (QED) is 0.704. The zero-order valence-corrected chi connectivity index (χ0v) is 14.1. The minimum Gasteiger partial charge on any atom is -0.496 e. The molecule has 0 amide bonds. The van der Waals surface area contributed by atoms with Gasteiger partial charge in [0.05, 0.1) is 25.3 Å². The zero-order chi connectivity index (χ0) is 17.3. The summed E-state index contributed by atoms with van der Waals surface area (Å²) in [5, 5.41) is 0.902. The summed E-state index contributed by atoms with van der Waals surface area (Å²) in [6.45, 7) is 3.93. The van der Waals surface area contributed by atoms with Crippen LogP contribution in [0.3, 0.4) is 0 Å². The van der Waals surface area contributed by atoms with Crippen molar-refractivity contribution in [2.75, 3.05) is 14.2 Å². The molecule has 0 unspecified atom stereocenters. The number of methoxy groups -OCH3 is 2. The van der Waals surface area contributed by atoms with Crippen LogP contribution in [0.15, 0.2) is 36.5 Å². The van der Waals surface area contributed by atoms with E-state index in [0.717, 1.165) is 10.9 Å². The highest BCUT2D eigenvalue weighted by atomic mass is 19.1. The molecule has 0 N–H and O–H groups in total. The molecule has 2 aromatic carbocycles. The summed E-state index contributed by atoms with van der Waals surface area (Å²) in [5.41, 5.74) is 1.72. The fourth-order valence-electron chi connectivity index (χ4n) is 2.80. The minimum atomic E-state index is -0.475. The molecule has 3 rings (SSSR count). The predicted molar refractivity (Wildman–Crippen MR) is 92.1 cm³/mol. The van der Waals surface area contributed by atoms with Gasteiger partial charge < -0.3 is 9.47 Å². The van der Waals surface area contributed by atoms with Crippen LogP contribution < -0.4 is 9.47 Å². The zero-order valence-electron chi connectivity index (χ0n) is 14.1. The van der Waals surface area contributed by atoms with Crippen molar-refractivity contribution in [3.05, 3.63) is 47.9 Å². The maximum atomic E-state index is 15.0. The molecule has 24 heavy (non-hydrogen) atoms. The number of benzene rings is 2. The molecule has 0 aliphatic carbocycles. The maximum Gasteiger partial charge on any atom is 0.176 e. The molecule has 0 saturated carbocycles. The highest BCUT2D eigenvalue weighted by Crippen LogP contribution is 2.41.